The molecule has 0 radical (unpaired) electrons. The second-order valence-electron chi connectivity index (χ2n) is 6.14. The van der Waals surface area contributed by atoms with Crippen molar-refractivity contribution < 1.29 is 4.79 Å². The molecule has 0 bridgehead atoms. The second kappa shape index (κ2) is 5.66. The largest absolute Gasteiger partial charge is 0.384 e. The summed E-state index contributed by atoms with van der Waals surface area (Å²) in [6.45, 7) is 1.68. The lowest BCUT2D eigenvalue weighted by molar-refractivity contribution is -0.120. The highest BCUT2D eigenvalue weighted by Gasteiger charge is 2.32. The molecule has 1 amide bonds. The van der Waals surface area contributed by atoms with E-state index in [2.05, 4.69) is 16.4 Å². The van der Waals surface area contributed by atoms with Crippen molar-refractivity contribution in [3.63, 3.8) is 0 Å². The maximum absolute atomic E-state index is 12.7. The summed E-state index contributed by atoms with van der Waals surface area (Å²) < 4.78 is 0. The van der Waals surface area contributed by atoms with Gasteiger partial charge in [-0.3, -0.25) is 4.79 Å². The molecule has 3 heterocycles. The van der Waals surface area contributed by atoms with E-state index in [1.54, 1.807) is 6.07 Å². The number of hydrogen-bond donors (Lipinski definition) is 2. The van der Waals surface area contributed by atoms with E-state index in [0.29, 0.717) is 5.82 Å². The number of fused-ring (bicyclic) bond motifs is 1. The molecular weight excluding hydrogens is 288 g/mol. The van der Waals surface area contributed by atoms with Crippen LogP contribution in [0.5, 0.6) is 0 Å². The van der Waals surface area contributed by atoms with Crippen molar-refractivity contribution in [2.24, 2.45) is 0 Å². The number of rotatable bonds is 2. The van der Waals surface area contributed by atoms with E-state index >= 15 is 0 Å². The first-order chi connectivity index (χ1) is 11.2. The molecule has 1 atom stereocenters. The Kier molecular flexibility index (Phi) is 3.50. The minimum absolute atomic E-state index is 0.0323. The molecule has 118 valence electrons. The molecule has 5 nitrogen and oxygen atoms in total. The molecule has 4 rings (SSSR count). The van der Waals surface area contributed by atoms with Crippen molar-refractivity contribution in [1.29, 1.82) is 0 Å². The zero-order valence-electron chi connectivity index (χ0n) is 13.0. The van der Waals surface area contributed by atoms with E-state index in [9.17, 15) is 4.79 Å². The van der Waals surface area contributed by atoms with Crippen molar-refractivity contribution >= 4 is 17.4 Å². The number of amides is 1. The number of hydrogen-bond acceptors (Lipinski definition) is 4. The monoisotopic (exact) mass is 308 g/mol. The molecule has 0 spiro atoms. The number of carbonyl (C=O) groups excluding carboxylic acids is 1. The van der Waals surface area contributed by atoms with Crippen molar-refractivity contribution in [3.8, 4) is 11.3 Å². The first-order valence-corrected chi connectivity index (χ1v) is 8.13. The van der Waals surface area contributed by atoms with Crippen LogP contribution >= 0.6 is 0 Å². The lowest BCUT2D eigenvalue weighted by Gasteiger charge is -2.21. The maximum Gasteiger partial charge on any atom is 0.244 e. The smallest absolute Gasteiger partial charge is 0.244 e. The fourth-order valence-electron chi connectivity index (χ4n) is 3.59. The highest BCUT2D eigenvalue weighted by atomic mass is 16.2. The summed E-state index contributed by atoms with van der Waals surface area (Å²) in [6, 6.07) is 11.7. The van der Waals surface area contributed by atoms with Crippen LogP contribution in [-0.4, -0.2) is 30.0 Å². The number of anilines is 2. The quantitative estimate of drug-likeness (QED) is 0.890. The third-order valence-electron chi connectivity index (χ3n) is 4.70. The molecule has 1 saturated heterocycles. The van der Waals surface area contributed by atoms with Gasteiger partial charge in [0.1, 0.15) is 5.82 Å². The van der Waals surface area contributed by atoms with Gasteiger partial charge in [-0.2, -0.15) is 0 Å². The molecule has 1 aromatic carbocycles. The van der Waals surface area contributed by atoms with E-state index < -0.39 is 0 Å². The normalized spacial score (nSPS) is 19.8. The molecular formula is C18H20N4O. The van der Waals surface area contributed by atoms with Gasteiger partial charge in [-0.15, -0.1) is 0 Å². The summed E-state index contributed by atoms with van der Waals surface area (Å²) in [5.41, 5.74) is 9.97. The van der Waals surface area contributed by atoms with Gasteiger partial charge in [-0.1, -0.05) is 18.2 Å². The standard InChI is InChI=1S/C18H20N4O/c19-17-8-2-5-14(21-17)12-4-1-7-16-13(12)9-11-22(16)18(23)15-6-3-10-20-15/h1-2,4-5,7-8,15,20H,3,6,9-11H2,(H2,19,21). The Morgan fingerprint density at radius 2 is 2.13 bits per heavy atom. The fourth-order valence-corrected chi connectivity index (χ4v) is 3.59. The van der Waals surface area contributed by atoms with Crippen molar-refractivity contribution in [2.75, 3.05) is 23.7 Å². The highest BCUT2D eigenvalue weighted by molar-refractivity contribution is 6.00. The number of nitrogens with one attached hydrogen (secondary N) is 1. The van der Waals surface area contributed by atoms with Crippen LogP contribution in [0, 0.1) is 0 Å². The van der Waals surface area contributed by atoms with Crippen molar-refractivity contribution in [2.45, 2.75) is 25.3 Å². The molecule has 1 fully saturated rings. The Morgan fingerprint density at radius 3 is 2.91 bits per heavy atom. The van der Waals surface area contributed by atoms with Crippen LogP contribution in [0.1, 0.15) is 18.4 Å². The van der Waals surface area contributed by atoms with E-state index in [4.69, 9.17) is 5.73 Å². The summed E-state index contributed by atoms with van der Waals surface area (Å²) in [6.07, 6.45) is 2.87. The molecule has 1 unspecified atom stereocenters. The van der Waals surface area contributed by atoms with Crippen LogP contribution in [0.2, 0.25) is 0 Å². The maximum atomic E-state index is 12.7. The third-order valence-corrected chi connectivity index (χ3v) is 4.70. The third kappa shape index (κ3) is 2.47. The van der Waals surface area contributed by atoms with Gasteiger partial charge in [-0.25, -0.2) is 4.98 Å². The number of nitrogens with zero attached hydrogens (tertiary/aromatic N) is 2. The van der Waals surface area contributed by atoms with Gasteiger partial charge in [0.25, 0.3) is 0 Å². The number of aromatic nitrogens is 1. The molecule has 23 heavy (non-hydrogen) atoms. The Morgan fingerprint density at radius 1 is 1.26 bits per heavy atom. The predicted molar refractivity (Wildman–Crippen MR) is 91.2 cm³/mol. The first kappa shape index (κ1) is 14.2. The number of carbonyl (C=O) groups is 1. The topological polar surface area (TPSA) is 71.2 Å². The molecule has 2 aliphatic heterocycles. The summed E-state index contributed by atoms with van der Waals surface area (Å²) in [5.74, 6) is 0.708. The van der Waals surface area contributed by atoms with Gasteiger partial charge in [0.15, 0.2) is 0 Å². The van der Waals surface area contributed by atoms with Gasteiger partial charge in [0.2, 0.25) is 5.91 Å². The van der Waals surface area contributed by atoms with E-state index in [1.807, 2.05) is 29.2 Å². The summed E-state index contributed by atoms with van der Waals surface area (Å²) in [7, 11) is 0. The molecule has 1 aromatic heterocycles. The van der Waals surface area contributed by atoms with Crippen LogP contribution < -0.4 is 16.0 Å². The number of nitrogen functional groups attached to an aromatic ring is 1. The summed E-state index contributed by atoms with van der Waals surface area (Å²) >= 11 is 0. The van der Waals surface area contributed by atoms with Crippen molar-refractivity contribution in [1.82, 2.24) is 10.3 Å². The van der Waals surface area contributed by atoms with Gasteiger partial charge < -0.3 is 16.0 Å². The number of benzene rings is 1. The minimum atomic E-state index is -0.0323. The predicted octanol–water partition coefficient (Wildman–Crippen LogP) is 1.97. The van der Waals surface area contributed by atoms with E-state index in [1.165, 1.54) is 5.56 Å². The molecule has 2 aliphatic rings. The summed E-state index contributed by atoms with van der Waals surface area (Å²) in [4.78, 5) is 19.1. The van der Waals surface area contributed by atoms with Crippen LogP contribution in [0.4, 0.5) is 11.5 Å². The second-order valence-corrected chi connectivity index (χ2v) is 6.14. The highest BCUT2D eigenvalue weighted by Crippen LogP contribution is 2.36. The van der Waals surface area contributed by atoms with E-state index in [0.717, 1.165) is 49.3 Å². The lowest BCUT2D eigenvalue weighted by atomic mass is 10.0. The zero-order chi connectivity index (χ0) is 15.8. The molecule has 0 aliphatic carbocycles. The Bertz CT molecular complexity index is 752. The SMILES string of the molecule is Nc1cccc(-c2cccc3c2CCN3C(=O)C2CCCN2)n1. The molecule has 5 heteroatoms. The van der Waals surface area contributed by atoms with Gasteiger partial charge >= 0.3 is 0 Å². The van der Waals surface area contributed by atoms with Gasteiger partial charge in [-0.05, 0) is 49.6 Å². The van der Waals surface area contributed by atoms with Crippen LogP contribution in [0.3, 0.4) is 0 Å². The molecule has 3 N–H and O–H groups in total. The van der Waals surface area contributed by atoms with Gasteiger partial charge in [0, 0.05) is 17.8 Å². The summed E-state index contributed by atoms with van der Waals surface area (Å²) in [5, 5.41) is 3.30. The van der Waals surface area contributed by atoms with Crippen LogP contribution in [0.15, 0.2) is 36.4 Å². The Hall–Kier alpha value is -2.40. The average Bonchev–Trinajstić information content (AvgIpc) is 3.23. The Labute approximate surface area is 135 Å². The van der Waals surface area contributed by atoms with Crippen molar-refractivity contribution in [3.05, 3.63) is 42.0 Å². The Balaban J connectivity index is 1.70. The van der Waals surface area contributed by atoms with Crippen LogP contribution in [0.25, 0.3) is 11.3 Å². The molecule has 0 saturated carbocycles. The molecule has 2 aromatic rings. The van der Waals surface area contributed by atoms with Crippen LogP contribution in [-0.2, 0) is 11.2 Å². The number of nitrogens with two attached hydrogens (primary N) is 1. The first-order valence-electron chi connectivity index (χ1n) is 8.13. The minimum Gasteiger partial charge on any atom is -0.384 e. The van der Waals surface area contributed by atoms with Gasteiger partial charge in [0.05, 0.1) is 11.7 Å². The lowest BCUT2D eigenvalue weighted by Crippen LogP contribution is -2.42. The zero-order valence-corrected chi connectivity index (χ0v) is 13.0. The van der Waals surface area contributed by atoms with E-state index in [-0.39, 0.29) is 11.9 Å². The average molecular weight is 308 g/mol. The fraction of sp³-hybridized carbons (Fsp3) is 0.333. The number of pyridine rings is 1.